The quantitative estimate of drug-likeness (QED) is 0.393. The van der Waals surface area contributed by atoms with Crippen molar-refractivity contribution < 1.29 is 27.4 Å². The van der Waals surface area contributed by atoms with Gasteiger partial charge in [0.05, 0.1) is 24.4 Å². The third-order valence-electron chi connectivity index (χ3n) is 3.77. The van der Waals surface area contributed by atoms with Crippen LogP contribution in [0, 0.1) is 0 Å². The summed E-state index contributed by atoms with van der Waals surface area (Å²) in [5.41, 5.74) is 0.700. The zero-order chi connectivity index (χ0) is 21.7. The van der Waals surface area contributed by atoms with Crippen LogP contribution in [-0.2, 0) is 9.53 Å². The molecule has 3 rings (SSSR count). The Hall–Kier alpha value is -2.01. The van der Waals surface area contributed by atoms with Gasteiger partial charge in [-0.15, -0.1) is 11.3 Å². The molecule has 0 spiro atoms. The second-order valence-electron chi connectivity index (χ2n) is 5.92. The normalized spacial score (nSPS) is 15.8. The number of alkyl halides is 3. The molecule has 0 radical (unpaired) electrons. The number of amides is 1. The van der Waals surface area contributed by atoms with Crippen LogP contribution in [0.25, 0.3) is 6.08 Å². The molecule has 30 heavy (non-hydrogen) atoms. The number of halogens is 4. The van der Waals surface area contributed by atoms with Crippen LogP contribution in [-0.4, -0.2) is 43.3 Å². The number of amidine groups is 1. The smallest absolute Gasteiger partial charge is 0.411 e. The minimum atomic E-state index is -4.38. The number of carbonyl (C=O) groups excluding carboxylic acids is 1. The first-order valence-electron chi connectivity index (χ1n) is 8.57. The second kappa shape index (κ2) is 9.86. The van der Waals surface area contributed by atoms with Gasteiger partial charge >= 0.3 is 6.18 Å². The van der Waals surface area contributed by atoms with Crippen LogP contribution in [0.4, 0.5) is 18.9 Å². The van der Waals surface area contributed by atoms with E-state index in [-0.39, 0.29) is 24.0 Å². The third kappa shape index (κ3) is 5.78. The molecule has 160 valence electrons. The monoisotopic (exact) mass is 476 g/mol. The first kappa shape index (κ1) is 22.7. The molecule has 2 aromatic rings. The van der Waals surface area contributed by atoms with Gasteiger partial charge in [0, 0.05) is 10.6 Å². The molecule has 0 fully saturated rings. The maximum absolute atomic E-state index is 13.0. The van der Waals surface area contributed by atoms with Gasteiger partial charge in [0.2, 0.25) is 0 Å². The topological polar surface area (TPSA) is 51.1 Å². The maximum Gasteiger partial charge on any atom is 0.411 e. The van der Waals surface area contributed by atoms with Crippen LogP contribution in [0.3, 0.4) is 0 Å². The largest absolute Gasteiger partial charge is 0.495 e. The molecule has 11 heteroatoms. The van der Waals surface area contributed by atoms with Gasteiger partial charge in [-0.25, -0.2) is 4.99 Å². The first-order chi connectivity index (χ1) is 14.3. The van der Waals surface area contributed by atoms with Crippen LogP contribution < -0.4 is 9.64 Å². The molecule has 1 aliphatic rings. The summed E-state index contributed by atoms with van der Waals surface area (Å²) in [6, 6.07) is 8.57. The summed E-state index contributed by atoms with van der Waals surface area (Å²) in [6.45, 7) is -1.46. The number of ether oxygens (including phenoxy) is 2. The molecule has 1 aromatic carbocycles. The fourth-order valence-electron chi connectivity index (χ4n) is 2.50. The number of anilines is 1. The molecule has 1 aliphatic heterocycles. The van der Waals surface area contributed by atoms with Gasteiger partial charge in [0.1, 0.15) is 18.1 Å². The Morgan fingerprint density at radius 2 is 2.13 bits per heavy atom. The molecule has 0 bridgehead atoms. The van der Waals surface area contributed by atoms with Gasteiger partial charge in [-0.05, 0) is 35.7 Å². The van der Waals surface area contributed by atoms with E-state index in [9.17, 15) is 18.0 Å². The zero-order valence-corrected chi connectivity index (χ0v) is 18.0. The Labute approximate surface area is 184 Å². The van der Waals surface area contributed by atoms with Gasteiger partial charge < -0.3 is 9.47 Å². The van der Waals surface area contributed by atoms with Crippen molar-refractivity contribution in [3.05, 3.63) is 51.3 Å². The van der Waals surface area contributed by atoms with Crippen molar-refractivity contribution in [1.82, 2.24) is 0 Å². The number of thioether (sulfide) groups is 1. The van der Waals surface area contributed by atoms with E-state index in [0.717, 1.165) is 16.6 Å². The SMILES string of the molecule is COc1ccc(N2C(=O)/C(=C/c3cccs3)N=C2SCCOCC(F)(F)F)cc1Cl. The van der Waals surface area contributed by atoms with E-state index < -0.39 is 12.8 Å². The lowest BCUT2D eigenvalue weighted by molar-refractivity contribution is -0.172. The van der Waals surface area contributed by atoms with Gasteiger partial charge in [-0.1, -0.05) is 29.4 Å². The zero-order valence-electron chi connectivity index (χ0n) is 15.6. The maximum atomic E-state index is 13.0. The molecule has 0 atom stereocenters. The molecule has 0 aliphatic carbocycles. The molecule has 0 unspecified atom stereocenters. The van der Waals surface area contributed by atoms with Crippen LogP contribution >= 0.6 is 34.7 Å². The van der Waals surface area contributed by atoms with Crippen molar-refractivity contribution in [2.45, 2.75) is 6.18 Å². The van der Waals surface area contributed by atoms with E-state index in [1.807, 2.05) is 17.5 Å². The van der Waals surface area contributed by atoms with E-state index in [0.29, 0.717) is 21.6 Å². The average Bonchev–Trinajstić information content (AvgIpc) is 3.29. The summed E-state index contributed by atoms with van der Waals surface area (Å²) in [5, 5.41) is 2.53. The first-order valence-corrected chi connectivity index (χ1v) is 10.8. The van der Waals surface area contributed by atoms with Crippen molar-refractivity contribution >= 4 is 57.5 Å². The highest BCUT2D eigenvalue weighted by atomic mass is 35.5. The van der Waals surface area contributed by atoms with Crippen molar-refractivity contribution in [1.29, 1.82) is 0 Å². The van der Waals surface area contributed by atoms with Gasteiger partial charge in [-0.3, -0.25) is 9.69 Å². The summed E-state index contributed by atoms with van der Waals surface area (Å²) in [4.78, 5) is 19.6. The van der Waals surface area contributed by atoms with Gasteiger partial charge in [-0.2, -0.15) is 13.2 Å². The number of aliphatic imine (C=N–C) groups is 1. The van der Waals surface area contributed by atoms with E-state index in [1.54, 1.807) is 24.3 Å². The van der Waals surface area contributed by atoms with Crippen LogP contribution in [0.5, 0.6) is 5.75 Å². The number of nitrogens with zero attached hydrogens (tertiary/aromatic N) is 2. The molecule has 5 nitrogen and oxygen atoms in total. The molecule has 2 heterocycles. The van der Waals surface area contributed by atoms with Crippen LogP contribution in [0.2, 0.25) is 5.02 Å². The Morgan fingerprint density at radius 1 is 1.33 bits per heavy atom. The Balaban J connectivity index is 1.80. The number of hydrogen-bond donors (Lipinski definition) is 0. The average molecular weight is 477 g/mol. The van der Waals surface area contributed by atoms with E-state index in [4.69, 9.17) is 16.3 Å². The lowest BCUT2D eigenvalue weighted by Crippen LogP contribution is -2.30. The van der Waals surface area contributed by atoms with Crippen LogP contribution in [0.15, 0.2) is 46.4 Å². The lowest BCUT2D eigenvalue weighted by Gasteiger charge is -2.18. The molecule has 0 N–H and O–H groups in total. The summed E-state index contributed by atoms with van der Waals surface area (Å²) in [7, 11) is 1.48. The highest BCUT2D eigenvalue weighted by molar-refractivity contribution is 8.14. The number of hydrogen-bond acceptors (Lipinski definition) is 6. The number of carbonyl (C=O) groups is 1. The summed E-state index contributed by atoms with van der Waals surface area (Å²) < 4.78 is 46.4. The predicted octanol–water partition coefficient (Wildman–Crippen LogP) is 5.47. The molecule has 0 saturated carbocycles. The van der Waals surface area contributed by atoms with E-state index in [1.165, 1.54) is 23.3 Å². The third-order valence-corrected chi connectivity index (χ3v) is 5.79. The molecule has 1 amide bonds. The second-order valence-corrected chi connectivity index (χ2v) is 8.36. The fourth-order valence-corrected chi connectivity index (χ4v) is 4.27. The van der Waals surface area contributed by atoms with E-state index >= 15 is 0 Å². The standard InChI is InChI=1S/C19H16ClF3N2O3S2/c1-27-16-5-4-12(9-14(16)20)25-17(26)15(10-13-3-2-7-29-13)24-18(25)30-8-6-28-11-19(21,22)23/h2-5,7,9-10H,6,8,11H2,1H3/b15-10-. The number of methoxy groups -OCH3 is 1. The summed E-state index contributed by atoms with van der Waals surface area (Å²) >= 11 is 8.78. The summed E-state index contributed by atoms with van der Waals surface area (Å²) in [6.07, 6.45) is -2.72. The predicted molar refractivity (Wildman–Crippen MR) is 115 cm³/mol. The number of rotatable bonds is 7. The fraction of sp³-hybridized carbons (Fsp3) is 0.263. The minimum Gasteiger partial charge on any atom is -0.495 e. The van der Waals surface area contributed by atoms with Gasteiger partial charge in [0.15, 0.2) is 5.17 Å². The van der Waals surface area contributed by atoms with Crippen molar-refractivity contribution in [3.63, 3.8) is 0 Å². The van der Waals surface area contributed by atoms with Crippen LogP contribution in [0.1, 0.15) is 4.88 Å². The van der Waals surface area contributed by atoms with Crippen molar-refractivity contribution in [3.8, 4) is 5.75 Å². The Morgan fingerprint density at radius 3 is 2.77 bits per heavy atom. The van der Waals surface area contributed by atoms with Gasteiger partial charge in [0.25, 0.3) is 5.91 Å². The summed E-state index contributed by atoms with van der Waals surface area (Å²) in [5.74, 6) is 0.283. The highest BCUT2D eigenvalue weighted by Crippen LogP contribution is 2.34. The molecule has 0 saturated heterocycles. The van der Waals surface area contributed by atoms with Crippen molar-refractivity contribution in [2.24, 2.45) is 4.99 Å². The van der Waals surface area contributed by atoms with E-state index in [2.05, 4.69) is 9.73 Å². The highest BCUT2D eigenvalue weighted by Gasteiger charge is 2.32. The minimum absolute atomic E-state index is 0.140. The molecular formula is C19H16ClF3N2O3S2. The molecular weight excluding hydrogens is 461 g/mol. The molecule has 1 aromatic heterocycles. The number of thiophene rings is 1. The lowest BCUT2D eigenvalue weighted by atomic mass is 10.2. The number of benzene rings is 1. The Kier molecular flexibility index (Phi) is 7.45. The Bertz CT molecular complexity index is 962. The van der Waals surface area contributed by atoms with Crippen molar-refractivity contribution in [2.75, 3.05) is 31.0 Å².